The molecular weight excluding hydrogens is 239 g/mol. The van der Waals surface area contributed by atoms with Crippen LogP contribution in [-0.2, 0) is 6.54 Å². The lowest BCUT2D eigenvalue weighted by molar-refractivity contribution is 0.135. The Balaban J connectivity index is 1.64. The average molecular weight is 262 g/mol. The molecule has 0 aromatic heterocycles. The SMILES string of the molecule is Fc1cccc(CN2CCCN3CCCCC3C2)c1. The lowest BCUT2D eigenvalue weighted by Crippen LogP contribution is -2.43. The third-order valence-corrected chi connectivity index (χ3v) is 4.43. The molecule has 2 nitrogen and oxygen atoms in total. The molecule has 0 amide bonds. The van der Waals surface area contributed by atoms with E-state index in [0.29, 0.717) is 0 Å². The highest BCUT2D eigenvalue weighted by Crippen LogP contribution is 2.22. The summed E-state index contributed by atoms with van der Waals surface area (Å²) in [6.45, 7) is 5.70. The van der Waals surface area contributed by atoms with Crippen LogP contribution in [-0.4, -0.2) is 42.0 Å². The molecule has 0 saturated carbocycles. The molecule has 0 spiro atoms. The number of benzene rings is 1. The van der Waals surface area contributed by atoms with Gasteiger partial charge in [0.1, 0.15) is 5.82 Å². The summed E-state index contributed by atoms with van der Waals surface area (Å²) in [6.07, 6.45) is 5.31. The molecule has 1 atom stereocenters. The molecule has 0 aliphatic carbocycles. The van der Waals surface area contributed by atoms with Gasteiger partial charge in [0.05, 0.1) is 0 Å². The van der Waals surface area contributed by atoms with Crippen molar-refractivity contribution in [2.24, 2.45) is 0 Å². The average Bonchev–Trinajstić information content (AvgIpc) is 2.60. The summed E-state index contributed by atoms with van der Waals surface area (Å²) in [6, 6.07) is 7.77. The second-order valence-corrected chi connectivity index (χ2v) is 5.90. The molecule has 19 heavy (non-hydrogen) atoms. The van der Waals surface area contributed by atoms with Crippen molar-refractivity contribution in [3.05, 3.63) is 35.6 Å². The van der Waals surface area contributed by atoms with Gasteiger partial charge in [-0.3, -0.25) is 9.80 Å². The van der Waals surface area contributed by atoms with Crippen molar-refractivity contribution < 1.29 is 4.39 Å². The minimum Gasteiger partial charge on any atom is -0.299 e. The van der Waals surface area contributed by atoms with Crippen LogP contribution in [0.25, 0.3) is 0 Å². The second-order valence-electron chi connectivity index (χ2n) is 5.90. The van der Waals surface area contributed by atoms with Crippen molar-refractivity contribution in [1.82, 2.24) is 9.80 Å². The highest BCUT2D eigenvalue weighted by atomic mass is 19.1. The summed E-state index contributed by atoms with van der Waals surface area (Å²) in [7, 11) is 0. The van der Waals surface area contributed by atoms with E-state index in [1.807, 2.05) is 12.1 Å². The third kappa shape index (κ3) is 3.34. The molecule has 3 heteroatoms. The first-order chi connectivity index (χ1) is 9.31. The number of fused-ring (bicyclic) bond motifs is 1. The van der Waals surface area contributed by atoms with Gasteiger partial charge in [-0.25, -0.2) is 4.39 Å². The van der Waals surface area contributed by atoms with E-state index >= 15 is 0 Å². The quantitative estimate of drug-likeness (QED) is 0.808. The normalized spacial score (nSPS) is 25.8. The summed E-state index contributed by atoms with van der Waals surface area (Å²) < 4.78 is 13.2. The molecule has 2 fully saturated rings. The van der Waals surface area contributed by atoms with Gasteiger partial charge in [-0.1, -0.05) is 18.6 Å². The maximum absolute atomic E-state index is 13.2. The lowest BCUT2D eigenvalue weighted by Gasteiger charge is -2.35. The molecule has 2 aliphatic heterocycles. The Bertz CT molecular complexity index is 421. The van der Waals surface area contributed by atoms with Crippen LogP contribution >= 0.6 is 0 Å². The first-order valence-electron chi connectivity index (χ1n) is 7.52. The smallest absolute Gasteiger partial charge is 0.123 e. The van der Waals surface area contributed by atoms with E-state index in [4.69, 9.17) is 0 Å². The maximum Gasteiger partial charge on any atom is 0.123 e. The Hall–Kier alpha value is -0.930. The first-order valence-corrected chi connectivity index (χ1v) is 7.52. The van der Waals surface area contributed by atoms with Crippen molar-refractivity contribution in [2.45, 2.75) is 38.3 Å². The van der Waals surface area contributed by atoms with Gasteiger partial charge in [0.25, 0.3) is 0 Å². The topological polar surface area (TPSA) is 6.48 Å². The van der Waals surface area contributed by atoms with E-state index in [-0.39, 0.29) is 5.82 Å². The molecule has 1 unspecified atom stereocenters. The zero-order valence-corrected chi connectivity index (χ0v) is 11.5. The van der Waals surface area contributed by atoms with E-state index in [0.717, 1.165) is 31.2 Å². The van der Waals surface area contributed by atoms with Crippen molar-refractivity contribution >= 4 is 0 Å². The van der Waals surface area contributed by atoms with E-state index in [1.165, 1.54) is 44.8 Å². The molecule has 2 aliphatic rings. The Kier molecular flexibility index (Phi) is 4.14. The molecule has 0 bridgehead atoms. The number of piperidine rings is 1. The summed E-state index contributed by atoms with van der Waals surface area (Å²) in [5.74, 6) is -0.119. The van der Waals surface area contributed by atoms with Gasteiger partial charge >= 0.3 is 0 Å². The maximum atomic E-state index is 13.2. The summed E-state index contributed by atoms with van der Waals surface area (Å²) in [5.41, 5.74) is 1.10. The standard InChI is InChI=1S/C16H23FN2/c17-15-6-3-5-14(11-15)12-18-8-4-10-19-9-2-1-7-16(19)13-18/h3,5-6,11,16H,1-2,4,7-10,12-13H2. The molecule has 1 aromatic carbocycles. The first kappa shape index (κ1) is 13.1. The molecule has 1 aromatic rings. The van der Waals surface area contributed by atoms with E-state index < -0.39 is 0 Å². The van der Waals surface area contributed by atoms with Gasteiger partial charge in [-0.15, -0.1) is 0 Å². The van der Waals surface area contributed by atoms with Crippen LogP contribution in [0, 0.1) is 5.82 Å². The van der Waals surface area contributed by atoms with Gasteiger partial charge < -0.3 is 0 Å². The van der Waals surface area contributed by atoms with Crippen molar-refractivity contribution in [1.29, 1.82) is 0 Å². The molecule has 3 rings (SSSR count). The number of nitrogens with zero attached hydrogens (tertiary/aromatic N) is 2. The summed E-state index contributed by atoms with van der Waals surface area (Å²) in [5, 5.41) is 0. The monoisotopic (exact) mass is 262 g/mol. The fourth-order valence-corrected chi connectivity index (χ4v) is 3.49. The van der Waals surface area contributed by atoms with Crippen LogP contribution in [0.1, 0.15) is 31.2 Å². The van der Waals surface area contributed by atoms with Crippen LogP contribution in [0.3, 0.4) is 0 Å². The van der Waals surface area contributed by atoms with Gasteiger partial charge in [0, 0.05) is 19.1 Å². The van der Waals surface area contributed by atoms with E-state index in [1.54, 1.807) is 6.07 Å². The van der Waals surface area contributed by atoms with Gasteiger partial charge in [0.15, 0.2) is 0 Å². The molecule has 0 N–H and O–H groups in total. The van der Waals surface area contributed by atoms with E-state index in [2.05, 4.69) is 9.80 Å². The number of hydrogen-bond acceptors (Lipinski definition) is 2. The minimum absolute atomic E-state index is 0.119. The van der Waals surface area contributed by atoms with Crippen LogP contribution in [0.5, 0.6) is 0 Å². The fraction of sp³-hybridized carbons (Fsp3) is 0.625. The Morgan fingerprint density at radius 3 is 2.89 bits per heavy atom. The minimum atomic E-state index is -0.119. The molecule has 0 radical (unpaired) electrons. The van der Waals surface area contributed by atoms with Crippen molar-refractivity contribution in [3.8, 4) is 0 Å². The van der Waals surface area contributed by atoms with Crippen molar-refractivity contribution in [2.75, 3.05) is 26.2 Å². The number of rotatable bonds is 2. The summed E-state index contributed by atoms with van der Waals surface area (Å²) in [4.78, 5) is 5.17. The largest absolute Gasteiger partial charge is 0.299 e. The molecule has 2 heterocycles. The van der Waals surface area contributed by atoms with Crippen LogP contribution in [0.15, 0.2) is 24.3 Å². The molecule has 2 saturated heterocycles. The summed E-state index contributed by atoms with van der Waals surface area (Å²) >= 11 is 0. The van der Waals surface area contributed by atoms with Gasteiger partial charge in [-0.2, -0.15) is 0 Å². The van der Waals surface area contributed by atoms with Crippen molar-refractivity contribution in [3.63, 3.8) is 0 Å². The van der Waals surface area contributed by atoms with E-state index in [9.17, 15) is 4.39 Å². The third-order valence-electron chi connectivity index (χ3n) is 4.43. The highest BCUT2D eigenvalue weighted by Gasteiger charge is 2.26. The zero-order chi connectivity index (χ0) is 13.1. The Morgan fingerprint density at radius 2 is 2.00 bits per heavy atom. The van der Waals surface area contributed by atoms with Crippen LogP contribution < -0.4 is 0 Å². The number of halogens is 1. The predicted octanol–water partition coefficient (Wildman–Crippen LogP) is 2.89. The number of hydrogen-bond donors (Lipinski definition) is 0. The predicted molar refractivity (Wildman–Crippen MR) is 75.5 cm³/mol. The molecule has 104 valence electrons. The Labute approximate surface area is 115 Å². The molecular formula is C16H23FN2. The second kappa shape index (κ2) is 6.02. The van der Waals surface area contributed by atoms with Crippen LogP contribution in [0.4, 0.5) is 4.39 Å². The van der Waals surface area contributed by atoms with Gasteiger partial charge in [0.2, 0.25) is 0 Å². The van der Waals surface area contributed by atoms with Gasteiger partial charge in [-0.05, 0) is 56.6 Å². The lowest BCUT2D eigenvalue weighted by atomic mass is 10.0. The van der Waals surface area contributed by atoms with Crippen LogP contribution in [0.2, 0.25) is 0 Å². The Morgan fingerprint density at radius 1 is 1.11 bits per heavy atom. The highest BCUT2D eigenvalue weighted by molar-refractivity contribution is 5.16. The fourth-order valence-electron chi connectivity index (χ4n) is 3.49. The zero-order valence-electron chi connectivity index (χ0n) is 11.5.